The zero-order chi connectivity index (χ0) is 18.6. The van der Waals surface area contributed by atoms with Crippen LogP contribution in [0.15, 0.2) is 16.8 Å². The second-order valence-electron chi connectivity index (χ2n) is 7.31. The summed E-state index contributed by atoms with van der Waals surface area (Å²) in [7, 11) is 0. The minimum absolute atomic E-state index is 0.0288. The van der Waals surface area contributed by atoms with Crippen LogP contribution in [0.3, 0.4) is 0 Å². The van der Waals surface area contributed by atoms with Crippen LogP contribution in [0.25, 0.3) is 0 Å². The SMILES string of the molecule is O=C(NCC(=O)N1CCCC(c2nnc3n2CCCCC3)C1)c1ccsc1. The Morgan fingerprint density at radius 1 is 1.19 bits per heavy atom. The Bertz CT molecular complexity index is 801. The Balaban J connectivity index is 1.37. The molecule has 2 aliphatic heterocycles. The molecule has 1 fully saturated rings. The summed E-state index contributed by atoms with van der Waals surface area (Å²) < 4.78 is 2.28. The Morgan fingerprint density at radius 2 is 2.11 bits per heavy atom. The molecule has 4 rings (SSSR count). The Hall–Kier alpha value is -2.22. The molecule has 27 heavy (non-hydrogen) atoms. The van der Waals surface area contributed by atoms with E-state index < -0.39 is 0 Å². The number of hydrogen-bond acceptors (Lipinski definition) is 5. The van der Waals surface area contributed by atoms with Crippen molar-refractivity contribution in [3.05, 3.63) is 34.0 Å². The molecule has 0 bridgehead atoms. The minimum atomic E-state index is -0.194. The maximum atomic E-state index is 12.6. The molecule has 7 nitrogen and oxygen atoms in total. The van der Waals surface area contributed by atoms with E-state index >= 15 is 0 Å². The van der Waals surface area contributed by atoms with Gasteiger partial charge in [-0.1, -0.05) is 6.42 Å². The van der Waals surface area contributed by atoms with Crippen LogP contribution in [0.1, 0.15) is 60.0 Å². The molecule has 1 atom stereocenters. The van der Waals surface area contributed by atoms with E-state index in [2.05, 4.69) is 20.1 Å². The highest BCUT2D eigenvalue weighted by Crippen LogP contribution is 2.28. The van der Waals surface area contributed by atoms with Gasteiger partial charge in [-0.25, -0.2) is 0 Å². The van der Waals surface area contributed by atoms with E-state index in [1.165, 1.54) is 30.6 Å². The van der Waals surface area contributed by atoms with Gasteiger partial charge in [0.1, 0.15) is 11.6 Å². The predicted molar refractivity (Wildman–Crippen MR) is 103 cm³/mol. The van der Waals surface area contributed by atoms with Crippen molar-refractivity contribution in [3.63, 3.8) is 0 Å². The minimum Gasteiger partial charge on any atom is -0.343 e. The molecule has 1 saturated heterocycles. The van der Waals surface area contributed by atoms with Gasteiger partial charge in [-0.2, -0.15) is 11.3 Å². The number of hydrogen-bond donors (Lipinski definition) is 1. The fraction of sp³-hybridized carbons (Fsp3) is 0.579. The molecule has 0 saturated carbocycles. The lowest BCUT2D eigenvalue weighted by molar-refractivity contribution is -0.131. The van der Waals surface area contributed by atoms with E-state index in [1.807, 2.05) is 10.3 Å². The second-order valence-corrected chi connectivity index (χ2v) is 8.09. The van der Waals surface area contributed by atoms with Crippen molar-refractivity contribution in [2.45, 2.75) is 51.0 Å². The number of aryl methyl sites for hydroxylation is 1. The molecule has 8 heteroatoms. The zero-order valence-electron chi connectivity index (χ0n) is 15.4. The molecule has 0 aliphatic carbocycles. The van der Waals surface area contributed by atoms with Gasteiger partial charge in [-0.3, -0.25) is 9.59 Å². The molecule has 0 spiro atoms. The van der Waals surface area contributed by atoms with Crippen molar-refractivity contribution < 1.29 is 9.59 Å². The summed E-state index contributed by atoms with van der Waals surface area (Å²) in [6.07, 6.45) is 6.57. The van der Waals surface area contributed by atoms with Gasteiger partial charge in [0.15, 0.2) is 0 Å². The van der Waals surface area contributed by atoms with Crippen LogP contribution in [0.4, 0.5) is 0 Å². The molecule has 2 aromatic rings. The van der Waals surface area contributed by atoms with Gasteiger partial charge in [0, 0.05) is 42.9 Å². The molecular weight excluding hydrogens is 362 g/mol. The lowest BCUT2D eigenvalue weighted by Gasteiger charge is -2.32. The van der Waals surface area contributed by atoms with Crippen molar-refractivity contribution in [1.29, 1.82) is 0 Å². The average Bonchev–Trinajstić information content (AvgIpc) is 3.32. The molecule has 2 aromatic heterocycles. The maximum Gasteiger partial charge on any atom is 0.252 e. The number of nitrogens with one attached hydrogen (secondary N) is 1. The Morgan fingerprint density at radius 3 is 2.96 bits per heavy atom. The summed E-state index contributed by atoms with van der Waals surface area (Å²) >= 11 is 1.47. The van der Waals surface area contributed by atoms with Crippen LogP contribution < -0.4 is 5.32 Å². The van der Waals surface area contributed by atoms with E-state index in [0.29, 0.717) is 12.1 Å². The fourth-order valence-electron chi connectivity index (χ4n) is 3.99. The second kappa shape index (κ2) is 8.21. The van der Waals surface area contributed by atoms with Crippen LogP contribution >= 0.6 is 11.3 Å². The molecular formula is C19H25N5O2S. The van der Waals surface area contributed by atoms with Crippen LogP contribution in [0.5, 0.6) is 0 Å². The molecule has 2 amide bonds. The fourth-order valence-corrected chi connectivity index (χ4v) is 4.62. The molecule has 0 aromatic carbocycles. The summed E-state index contributed by atoms with van der Waals surface area (Å²) in [4.78, 5) is 26.5. The van der Waals surface area contributed by atoms with Crippen molar-refractivity contribution in [2.24, 2.45) is 0 Å². The van der Waals surface area contributed by atoms with Gasteiger partial charge in [-0.05, 0) is 37.1 Å². The summed E-state index contributed by atoms with van der Waals surface area (Å²) in [6, 6.07) is 1.76. The summed E-state index contributed by atoms with van der Waals surface area (Å²) in [5.74, 6) is 2.13. The quantitative estimate of drug-likeness (QED) is 0.872. The van der Waals surface area contributed by atoms with Crippen LogP contribution in [0, 0.1) is 0 Å². The lowest BCUT2D eigenvalue weighted by Crippen LogP contribution is -2.44. The van der Waals surface area contributed by atoms with Crippen LogP contribution in [0.2, 0.25) is 0 Å². The predicted octanol–water partition coefficient (Wildman–Crippen LogP) is 2.20. The van der Waals surface area contributed by atoms with E-state index in [1.54, 1.807) is 11.4 Å². The van der Waals surface area contributed by atoms with E-state index in [-0.39, 0.29) is 24.3 Å². The highest BCUT2D eigenvalue weighted by molar-refractivity contribution is 7.08. The number of carbonyl (C=O) groups excluding carboxylic acids is 2. The number of amides is 2. The zero-order valence-corrected chi connectivity index (χ0v) is 16.2. The summed E-state index contributed by atoms with van der Waals surface area (Å²) in [5, 5.41) is 15.2. The number of likely N-dealkylation sites (tertiary alicyclic amines) is 1. The standard InChI is InChI=1S/C19H25N5O2S/c25-17(11-20-19(26)15-7-10-27-13-15)23-8-4-5-14(12-23)18-22-21-16-6-2-1-3-9-24(16)18/h7,10,13-14H,1-6,8-9,11-12H2,(H,20,26). The lowest BCUT2D eigenvalue weighted by atomic mass is 9.97. The molecule has 144 valence electrons. The number of thiophene rings is 1. The Kier molecular flexibility index (Phi) is 5.52. The topological polar surface area (TPSA) is 80.1 Å². The Labute approximate surface area is 162 Å². The normalized spacial score (nSPS) is 20.0. The number of carbonyl (C=O) groups is 2. The highest BCUT2D eigenvalue weighted by atomic mass is 32.1. The van der Waals surface area contributed by atoms with Crippen LogP contribution in [-0.2, 0) is 17.8 Å². The van der Waals surface area contributed by atoms with Gasteiger partial charge in [0.05, 0.1) is 6.54 Å². The first kappa shape index (κ1) is 18.2. The maximum absolute atomic E-state index is 12.6. The highest BCUT2D eigenvalue weighted by Gasteiger charge is 2.29. The number of aromatic nitrogens is 3. The van der Waals surface area contributed by atoms with Crippen molar-refractivity contribution in [3.8, 4) is 0 Å². The third-order valence-corrected chi connectivity index (χ3v) is 6.14. The van der Waals surface area contributed by atoms with Gasteiger partial charge in [0.2, 0.25) is 5.91 Å². The van der Waals surface area contributed by atoms with Crippen molar-refractivity contribution in [2.75, 3.05) is 19.6 Å². The summed E-state index contributed by atoms with van der Waals surface area (Å²) in [5.41, 5.74) is 0.607. The van der Waals surface area contributed by atoms with E-state index in [9.17, 15) is 9.59 Å². The third kappa shape index (κ3) is 4.05. The smallest absolute Gasteiger partial charge is 0.252 e. The number of fused-ring (bicyclic) bond motifs is 1. The molecule has 4 heterocycles. The molecule has 1 N–H and O–H groups in total. The van der Waals surface area contributed by atoms with Gasteiger partial charge in [0.25, 0.3) is 5.91 Å². The van der Waals surface area contributed by atoms with Gasteiger partial charge in [-0.15, -0.1) is 10.2 Å². The van der Waals surface area contributed by atoms with Crippen molar-refractivity contribution in [1.82, 2.24) is 25.0 Å². The van der Waals surface area contributed by atoms with Gasteiger partial charge < -0.3 is 14.8 Å². The van der Waals surface area contributed by atoms with Crippen molar-refractivity contribution >= 4 is 23.2 Å². The van der Waals surface area contributed by atoms with E-state index in [4.69, 9.17) is 0 Å². The van der Waals surface area contributed by atoms with Gasteiger partial charge >= 0.3 is 0 Å². The summed E-state index contributed by atoms with van der Waals surface area (Å²) in [6.45, 7) is 2.42. The first-order valence-electron chi connectivity index (χ1n) is 9.72. The molecule has 0 radical (unpaired) electrons. The number of nitrogens with zero attached hydrogens (tertiary/aromatic N) is 4. The molecule has 2 aliphatic rings. The largest absolute Gasteiger partial charge is 0.343 e. The first-order chi connectivity index (χ1) is 13.2. The number of rotatable bonds is 4. The number of piperidine rings is 1. The molecule has 1 unspecified atom stereocenters. The monoisotopic (exact) mass is 387 g/mol. The van der Waals surface area contributed by atoms with E-state index in [0.717, 1.165) is 44.0 Å². The third-order valence-electron chi connectivity index (χ3n) is 5.46. The van der Waals surface area contributed by atoms with Crippen LogP contribution in [-0.4, -0.2) is 51.1 Å². The average molecular weight is 388 g/mol. The first-order valence-corrected chi connectivity index (χ1v) is 10.7.